The van der Waals surface area contributed by atoms with E-state index >= 15 is 0 Å². The molecule has 1 saturated heterocycles. The Balaban J connectivity index is 1.81. The molecule has 0 unspecified atom stereocenters. The van der Waals surface area contributed by atoms with Gasteiger partial charge >= 0.3 is 0 Å². The lowest BCUT2D eigenvalue weighted by Gasteiger charge is -2.23. The highest BCUT2D eigenvalue weighted by molar-refractivity contribution is 6.30. The number of halogens is 1. The summed E-state index contributed by atoms with van der Waals surface area (Å²) >= 11 is 5.82. The van der Waals surface area contributed by atoms with Gasteiger partial charge in [0.2, 0.25) is 0 Å². The van der Waals surface area contributed by atoms with Crippen LogP contribution in [0.5, 0.6) is 0 Å². The smallest absolute Gasteiger partial charge is 0.261 e. The van der Waals surface area contributed by atoms with Crippen LogP contribution < -0.4 is 10.6 Å². The van der Waals surface area contributed by atoms with Gasteiger partial charge in [-0.1, -0.05) is 29.8 Å². The lowest BCUT2D eigenvalue weighted by Crippen LogP contribution is -2.42. The molecular weight excluding hydrogens is 342 g/mol. The van der Waals surface area contributed by atoms with Crippen molar-refractivity contribution in [2.45, 2.75) is 32.4 Å². The van der Waals surface area contributed by atoms with Gasteiger partial charge < -0.3 is 15.4 Å². The summed E-state index contributed by atoms with van der Waals surface area (Å²) in [6.07, 6.45) is 4.32. The van der Waals surface area contributed by atoms with Crippen molar-refractivity contribution < 1.29 is 14.3 Å². The molecule has 0 atom stereocenters. The molecule has 0 bridgehead atoms. The van der Waals surface area contributed by atoms with Crippen LogP contribution in [0, 0.1) is 0 Å². The number of ether oxygens (including phenoxy) is 1. The van der Waals surface area contributed by atoms with Gasteiger partial charge in [-0.3, -0.25) is 14.6 Å². The first-order chi connectivity index (χ1) is 12.1. The van der Waals surface area contributed by atoms with E-state index in [2.05, 4.69) is 15.6 Å². The van der Waals surface area contributed by atoms with Crippen molar-refractivity contribution in [1.29, 1.82) is 0 Å². The topological polar surface area (TPSA) is 79.8 Å². The molecule has 6 nitrogen and oxygen atoms in total. The van der Waals surface area contributed by atoms with Crippen molar-refractivity contribution >= 4 is 29.8 Å². The minimum atomic E-state index is -0.480. The number of carbonyl (C=O) groups is 2. The maximum absolute atomic E-state index is 12.2. The van der Waals surface area contributed by atoms with Crippen molar-refractivity contribution in [2.75, 3.05) is 13.2 Å². The van der Waals surface area contributed by atoms with Crippen molar-refractivity contribution in [1.82, 2.24) is 10.6 Å². The molecule has 2 amide bonds. The molecule has 2 rings (SSSR count). The van der Waals surface area contributed by atoms with Gasteiger partial charge in [-0.2, -0.15) is 0 Å². The van der Waals surface area contributed by atoms with Gasteiger partial charge in [-0.05, 0) is 37.5 Å². The molecule has 1 aliphatic heterocycles. The lowest BCUT2D eigenvalue weighted by molar-refractivity contribution is -0.123. The number of hydrogen-bond acceptors (Lipinski definition) is 4. The van der Waals surface area contributed by atoms with E-state index in [0.717, 1.165) is 18.4 Å². The fourth-order valence-corrected chi connectivity index (χ4v) is 2.52. The molecule has 0 spiro atoms. The van der Waals surface area contributed by atoms with Gasteiger partial charge in [-0.25, -0.2) is 0 Å². The Labute approximate surface area is 152 Å². The van der Waals surface area contributed by atoms with Crippen LogP contribution in [0.3, 0.4) is 0 Å². The first-order valence-corrected chi connectivity index (χ1v) is 8.56. The maximum Gasteiger partial charge on any atom is 0.261 e. The zero-order valence-electron chi connectivity index (χ0n) is 14.1. The van der Waals surface area contributed by atoms with E-state index in [1.807, 2.05) is 12.1 Å². The van der Waals surface area contributed by atoms with Crippen LogP contribution in [0.25, 0.3) is 0 Å². The lowest BCUT2D eigenvalue weighted by atomic mass is 10.1. The summed E-state index contributed by atoms with van der Waals surface area (Å²) in [5.41, 5.74) is 1.04. The maximum atomic E-state index is 12.2. The van der Waals surface area contributed by atoms with Gasteiger partial charge in [0.05, 0.1) is 12.9 Å². The second kappa shape index (κ2) is 9.96. The van der Waals surface area contributed by atoms with Crippen LogP contribution in [-0.4, -0.2) is 37.4 Å². The van der Waals surface area contributed by atoms with Gasteiger partial charge in [0, 0.05) is 24.3 Å². The summed E-state index contributed by atoms with van der Waals surface area (Å²) in [7, 11) is 0. The summed E-state index contributed by atoms with van der Waals surface area (Å²) in [6, 6.07) is 7.33. The Morgan fingerprint density at radius 3 is 2.56 bits per heavy atom. The van der Waals surface area contributed by atoms with E-state index in [4.69, 9.17) is 16.3 Å². The molecule has 25 heavy (non-hydrogen) atoms. The third-order valence-electron chi connectivity index (χ3n) is 3.81. The highest BCUT2D eigenvalue weighted by Gasteiger charge is 2.21. The summed E-state index contributed by atoms with van der Waals surface area (Å²) in [6.45, 7) is 3.32. The zero-order valence-corrected chi connectivity index (χ0v) is 14.9. The molecule has 2 N–H and O–H groups in total. The fraction of sp³-hybridized carbons (Fsp3) is 0.389. The molecule has 0 aliphatic carbocycles. The van der Waals surface area contributed by atoms with Gasteiger partial charge in [-0.15, -0.1) is 0 Å². The van der Waals surface area contributed by atoms with Crippen molar-refractivity contribution in [3.05, 3.63) is 46.5 Å². The Hall–Kier alpha value is -2.18. The third kappa shape index (κ3) is 6.32. The van der Waals surface area contributed by atoms with Crippen molar-refractivity contribution in [3.8, 4) is 0 Å². The normalized spacial score (nSPS) is 16.0. The number of nitrogens with one attached hydrogen (secondary N) is 2. The van der Waals surface area contributed by atoms with Gasteiger partial charge in [0.15, 0.2) is 0 Å². The van der Waals surface area contributed by atoms with Crippen molar-refractivity contribution in [2.24, 2.45) is 4.99 Å². The fourth-order valence-electron chi connectivity index (χ4n) is 2.39. The molecular formula is C18H22ClN3O3. The molecule has 7 heteroatoms. The van der Waals surface area contributed by atoms with Crippen LogP contribution >= 0.6 is 11.6 Å². The monoisotopic (exact) mass is 363 g/mol. The van der Waals surface area contributed by atoms with E-state index in [1.165, 1.54) is 12.4 Å². The number of rotatable bonds is 6. The van der Waals surface area contributed by atoms with Crippen LogP contribution in [0.4, 0.5) is 0 Å². The first-order valence-electron chi connectivity index (χ1n) is 8.18. The van der Waals surface area contributed by atoms with Crippen LogP contribution in [0.1, 0.15) is 25.3 Å². The Kier molecular flexibility index (Phi) is 7.63. The predicted octanol–water partition coefficient (Wildman–Crippen LogP) is 2.23. The SMILES string of the molecule is C/C=C(\C(=O)NC=NCc1ccc(Cl)cc1)C(=O)NC1CCOCC1. The van der Waals surface area contributed by atoms with E-state index in [-0.39, 0.29) is 17.5 Å². The summed E-state index contributed by atoms with van der Waals surface area (Å²) < 4.78 is 5.25. The summed E-state index contributed by atoms with van der Waals surface area (Å²) in [5.74, 6) is -0.857. The summed E-state index contributed by atoms with van der Waals surface area (Å²) in [4.78, 5) is 28.5. The molecule has 1 aromatic rings. The third-order valence-corrected chi connectivity index (χ3v) is 4.06. The van der Waals surface area contributed by atoms with Crippen LogP contribution in [0.2, 0.25) is 5.02 Å². The van der Waals surface area contributed by atoms with Gasteiger partial charge in [0.25, 0.3) is 11.8 Å². The van der Waals surface area contributed by atoms with Gasteiger partial charge in [0.1, 0.15) is 5.57 Å². The van der Waals surface area contributed by atoms with E-state index < -0.39 is 5.91 Å². The standard InChI is InChI=1S/C18H22ClN3O3/c1-2-16(18(24)22-15-7-9-25-10-8-15)17(23)21-12-20-11-13-3-5-14(19)6-4-13/h2-6,12,15H,7-11H2,1H3,(H,22,24)(H,20,21,23)/b16-2+. The molecule has 0 saturated carbocycles. The number of carbonyl (C=O) groups excluding carboxylic acids is 2. The molecule has 134 valence electrons. The van der Waals surface area contributed by atoms with E-state index in [9.17, 15) is 9.59 Å². The first kappa shape index (κ1) is 19.1. The minimum absolute atomic E-state index is 0.0440. The quantitative estimate of drug-likeness (QED) is 0.267. The largest absolute Gasteiger partial charge is 0.381 e. The highest BCUT2D eigenvalue weighted by atomic mass is 35.5. The highest BCUT2D eigenvalue weighted by Crippen LogP contribution is 2.10. The second-order valence-electron chi connectivity index (χ2n) is 5.63. The van der Waals surface area contributed by atoms with E-state index in [0.29, 0.717) is 24.8 Å². The summed E-state index contributed by atoms with van der Waals surface area (Å²) in [5, 5.41) is 6.05. The number of allylic oxidation sites excluding steroid dienone is 1. The molecule has 1 aliphatic rings. The molecule has 0 aromatic heterocycles. The number of hydrogen-bond donors (Lipinski definition) is 2. The number of benzene rings is 1. The number of nitrogens with zero attached hydrogens (tertiary/aromatic N) is 1. The Morgan fingerprint density at radius 1 is 1.24 bits per heavy atom. The molecule has 0 radical (unpaired) electrons. The van der Waals surface area contributed by atoms with E-state index in [1.54, 1.807) is 19.1 Å². The average molecular weight is 364 g/mol. The molecule has 1 heterocycles. The van der Waals surface area contributed by atoms with Crippen LogP contribution in [-0.2, 0) is 20.9 Å². The Morgan fingerprint density at radius 2 is 1.92 bits per heavy atom. The predicted molar refractivity (Wildman–Crippen MR) is 97.5 cm³/mol. The Bertz CT molecular complexity index is 650. The van der Waals surface area contributed by atoms with Crippen LogP contribution in [0.15, 0.2) is 40.9 Å². The average Bonchev–Trinajstić information content (AvgIpc) is 2.61. The second-order valence-corrected chi connectivity index (χ2v) is 6.07. The minimum Gasteiger partial charge on any atom is -0.381 e. The molecule has 1 aromatic carbocycles. The number of amides is 2. The zero-order chi connectivity index (χ0) is 18.1. The molecule has 1 fully saturated rings. The number of aliphatic imine (C=N–C) groups is 1. The van der Waals surface area contributed by atoms with Crippen molar-refractivity contribution in [3.63, 3.8) is 0 Å².